The molecule has 0 aromatic carbocycles. The van der Waals surface area contributed by atoms with Crippen molar-refractivity contribution in [1.29, 1.82) is 0 Å². The zero-order chi connectivity index (χ0) is 17.7. The molecule has 6 heteroatoms. The Morgan fingerprint density at radius 2 is 1.88 bits per heavy atom. The summed E-state index contributed by atoms with van der Waals surface area (Å²) in [6.07, 6.45) is 11.1. The highest BCUT2D eigenvalue weighted by Crippen LogP contribution is 2.53. The summed E-state index contributed by atoms with van der Waals surface area (Å²) in [6.45, 7) is 2.25. The maximum atomic E-state index is 13.4. The van der Waals surface area contributed by atoms with Crippen molar-refractivity contribution in [3.8, 4) is 0 Å². The summed E-state index contributed by atoms with van der Waals surface area (Å²) in [7, 11) is 0. The van der Waals surface area contributed by atoms with Crippen LogP contribution in [0.3, 0.4) is 0 Å². The Kier molecular flexibility index (Phi) is 4.31. The quantitative estimate of drug-likeness (QED) is 0.547. The highest BCUT2D eigenvalue weighted by atomic mass is 32.2. The minimum atomic E-state index is -0.543. The second-order valence-electron chi connectivity index (χ2n) is 8.45. The summed E-state index contributed by atoms with van der Waals surface area (Å²) in [6, 6.07) is 0.336. The van der Waals surface area contributed by atoms with E-state index in [0.29, 0.717) is 12.6 Å². The van der Waals surface area contributed by atoms with Crippen molar-refractivity contribution < 1.29 is 14.3 Å². The topological polar surface area (TPSA) is 49.9 Å². The molecule has 4 heterocycles. The number of likely N-dealkylation sites (tertiary alicyclic amines) is 1. The van der Waals surface area contributed by atoms with Crippen LogP contribution < -0.4 is 0 Å². The van der Waals surface area contributed by atoms with Gasteiger partial charge in [-0.2, -0.15) is 11.8 Å². The van der Waals surface area contributed by atoms with Crippen molar-refractivity contribution in [2.75, 3.05) is 31.1 Å². The van der Waals surface area contributed by atoms with Gasteiger partial charge in [-0.1, -0.05) is 37.8 Å². The summed E-state index contributed by atoms with van der Waals surface area (Å²) in [5.41, 5.74) is -0.543. The van der Waals surface area contributed by atoms with Gasteiger partial charge in [0.25, 0.3) is 0 Å². The number of carbonyl (C=O) groups is 2. The van der Waals surface area contributed by atoms with Crippen molar-refractivity contribution in [2.45, 2.75) is 56.3 Å². The van der Waals surface area contributed by atoms with Crippen LogP contribution >= 0.6 is 11.8 Å². The molecule has 1 aliphatic carbocycles. The van der Waals surface area contributed by atoms with E-state index in [-0.39, 0.29) is 29.8 Å². The van der Waals surface area contributed by atoms with E-state index in [1.807, 2.05) is 22.7 Å². The van der Waals surface area contributed by atoms with E-state index in [2.05, 4.69) is 11.0 Å². The molecular weight excluding hydrogens is 348 g/mol. The number of fused-ring (bicyclic) bond motifs is 1. The van der Waals surface area contributed by atoms with E-state index >= 15 is 0 Å². The number of rotatable bonds is 2. The van der Waals surface area contributed by atoms with Crippen LogP contribution in [0.4, 0.5) is 0 Å². The minimum absolute atomic E-state index is 0.141. The number of thioether (sulfide) groups is 1. The molecule has 4 fully saturated rings. The molecule has 1 spiro atoms. The molecule has 0 radical (unpaired) electrons. The van der Waals surface area contributed by atoms with Crippen molar-refractivity contribution in [3.63, 3.8) is 0 Å². The average molecular weight is 377 g/mol. The summed E-state index contributed by atoms with van der Waals surface area (Å²) in [5.74, 6) is 1.69. The molecule has 2 amide bonds. The monoisotopic (exact) mass is 376 g/mol. The first kappa shape index (κ1) is 17.1. The number of ether oxygens (including phenoxy) is 1. The van der Waals surface area contributed by atoms with Gasteiger partial charge >= 0.3 is 0 Å². The Morgan fingerprint density at radius 3 is 2.62 bits per heavy atom. The lowest BCUT2D eigenvalue weighted by atomic mass is 9.76. The Morgan fingerprint density at radius 1 is 1.15 bits per heavy atom. The number of hydrogen-bond donors (Lipinski definition) is 0. The fourth-order valence-electron chi connectivity index (χ4n) is 5.68. The van der Waals surface area contributed by atoms with Crippen LogP contribution in [-0.2, 0) is 14.3 Å². The van der Waals surface area contributed by atoms with Crippen molar-refractivity contribution in [3.05, 3.63) is 12.2 Å². The van der Waals surface area contributed by atoms with E-state index in [1.54, 1.807) is 0 Å². The molecule has 5 aliphatic rings. The van der Waals surface area contributed by atoms with Gasteiger partial charge in [0, 0.05) is 30.6 Å². The Hall–Kier alpha value is -1.01. The predicted molar refractivity (Wildman–Crippen MR) is 101 cm³/mol. The van der Waals surface area contributed by atoms with E-state index in [1.165, 1.54) is 25.7 Å². The number of carbonyl (C=O) groups excluding carboxylic acids is 2. The largest absolute Gasteiger partial charge is 0.360 e. The van der Waals surface area contributed by atoms with Gasteiger partial charge in [0.05, 0.1) is 24.5 Å². The number of hydrogen-bond acceptors (Lipinski definition) is 4. The molecule has 2 bridgehead atoms. The van der Waals surface area contributed by atoms with Crippen LogP contribution in [0, 0.1) is 11.8 Å². The first-order chi connectivity index (χ1) is 12.7. The van der Waals surface area contributed by atoms with E-state index in [9.17, 15) is 9.59 Å². The second-order valence-corrected chi connectivity index (χ2v) is 9.67. The van der Waals surface area contributed by atoms with E-state index in [4.69, 9.17) is 4.74 Å². The second kappa shape index (κ2) is 6.55. The molecule has 0 unspecified atom stereocenters. The molecule has 0 aromatic heterocycles. The molecule has 1 saturated carbocycles. The highest BCUT2D eigenvalue weighted by molar-refractivity contribution is 7.99. The maximum Gasteiger partial charge on any atom is 0.230 e. The fraction of sp³-hybridized carbons (Fsp3) is 0.800. The normalized spacial score (nSPS) is 40.2. The lowest BCUT2D eigenvalue weighted by Gasteiger charge is -2.33. The number of amides is 2. The summed E-state index contributed by atoms with van der Waals surface area (Å²) < 4.78 is 6.30. The lowest BCUT2D eigenvalue weighted by molar-refractivity contribution is -0.144. The summed E-state index contributed by atoms with van der Waals surface area (Å²) in [5, 5.41) is 0. The molecule has 0 aromatic rings. The standard InChI is InChI=1S/C20H28N2O3S/c23-18(21-9-11-26-12-10-21)16-15-7-8-20(25-15)13-22(19(24)17(16)20)14-5-3-1-2-4-6-14/h7-8,14-17H,1-6,9-13H2/t15-,16-,17+,20-/m0/s1. The van der Waals surface area contributed by atoms with Gasteiger partial charge in [0.1, 0.15) is 5.60 Å². The van der Waals surface area contributed by atoms with Crippen LogP contribution in [-0.4, -0.2) is 70.5 Å². The van der Waals surface area contributed by atoms with E-state index in [0.717, 1.165) is 37.4 Å². The first-order valence-electron chi connectivity index (χ1n) is 10.2. The molecule has 0 N–H and O–H groups in total. The first-order valence-corrected chi connectivity index (χ1v) is 11.4. The molecule has 26 heavy (non-hydrogen) atoms. The summed E-state index contributed by atoms with van der Waals surface area (Å²) >= 11 is 1.90. The van der Waals surface area contributed by atoms with Gasteiger partial charge in [0.2, 0.25) is 11.8 Å². The third kappa shape index (κ3) is 2.55. The molecule has 3 saturated heterocycles. The lowest BCUT2D eigenvalue weighted by Crippen LogP contribution is -2.48. The number of nitrogens with zero attached hydrogens (tertiary/aromatic N) is 2. The Balaban J connectivity index is 1.39. The van der Waals surface area contributed by atoms with Crippen molar-refractivity contribution >= 4 is 23.6 Å². The smallest absolute Gasteiger partial charge is 0.230 e. The SMILES string of the molecule is O=C([C@H]1[C@@H]2C=C[C@@]3(CN(C4CCCCCC4)C(=O)[C@@H]13)O2)N1CCSCC1. The van der Waals surface area contributed by atoms with Crippen LogP contribution in [0.5, 0.6) is 0 Å². The van der Waals surface area contributed by atoms with Gasteiger partial charge in [-0.15, -0.1) is 0 Å². The molecule has 142 valence electrons. The highest BCUT2D eigenvalue weighted by Gasteiger charge is 2.67. The van der Waals surface area contributed by atoms with Crippen LogP contribution in [0.2, 0.25) is 0 Å². The zero-order valence-electron chi connectivity index (χ0n) is 15.3. The van der Waals surface area contributed by atoms with Gasteiger partial charge < -0.3 is 14.5 Å². The van der Waals surface area contributed by atoms with Gasteiger partial charge in [-0.05, 0) is 12.8 Å². The van der Waals surface area contributed by atoms with E-state index < -0.39 is 5.60 Å². The fourth-order valence-corrected chi connectivity index (χ4v) is 6.59. The Labute approximate surface area is 159 Å². The molecule has 5 rings (SSSR count). The zero-order valence-corrected chi connectivity index (χ0v) is 16.1. The van der Waals surface area contributed by atoms with Crippen molar-refractivity contribution in [1.82, 2.24) is 9.80 Å². The minimum Gasteiger partial charge on any atom is -0.360 e. The maximum absolute atomic E-state index is 13.4. The van der Waals surface area contributed by atoms with Crippen LogP contribution in [0.15, 0.2) is 12.2 Å². The average Bonchev–Trinajstić information content (AvgIpc) is 3.22. The summed E-state index contributed by atoms with van der Waals surface area (Å²) in [4.78, 5) is 30.7. The Bertz CT molecular complexity index is 625. The third-order valence-electron chi connectivity index (χ3n) is 7.00. The third-order valence-corrected chi connectivity index (χ3v) is 7.95. The predicted octanol–water partition coefficient (Wildman–Crippen LogP) is 2.07. The molecule has 4 aliphatic heterocycles. The molecule has 5 nitrogen and oxygen atoms in total. The molecule has 4 atom stereocenters. The van der Waals surface area contributed by atoms with Crippen molar-refractivity contribution in [2.24, 2.45) is 11.8 Å². The van der Waals surface area contributed by atoms with Crippen LogP contribution in [0.25, 0.3) is 0 Å². The van der Waals surface area contributed by atoms with Gasteiger partial charge in [0.15, 0.2) is 0 Å². The molecular formula is C20H28N2O3S. The van der Waals surface area contributed by atoms with Gasteiger partial charge in [-0.25, -0.2) is 0 Å². The van der Waals surface area contributed by atoms with Crippen LogP contribution in [0.1, 0.15) is 38.5 Å². The van der Waals surface area contributed by atoms with Gasteiger partial charge in [-0.3, -0.25) is 9.59 Å².